The maximum absolute atomic E-state index is 13.7. The number of aryl methyl sites for hydroxylation is 1. The van der Waals surface area contributed by atoms with Crippen LogP contribution in [0.5, 0.6) is 0 Å². The van der Waals surface area contributed by atoms with Crippen LogP contribution < -0.4 is 10.6 Å². The molecule has 0 bridgehead atoms. The fourth-order valence-corrected chi connectivity index (χ4v) is 3.69. The number of urea groups is 1. The first-order valence-electron chi connectivity index (χ1n) is 8.49. The fourth-order valence-electron chi connectivity index (χ4n) is 3.69. The SMILES string of the molecule is O=C(CN1C(=O)N[C@@]2(CCc3ccccc32)C1=O)Nc1ccc(F)c(F)c1F. The summed E-state index contributed by atoms with van der Waals surface area (Å²) in [6.45, 7) is -0.687. The van der Waals surface area contributed by atoms with Crippen molar-refractivity contribution in [3.63, 3.8) is 0 Å². The molecule has 9 heteroatoms. The fraction of sp³-hybridized carbons (Fsp3) is 0.211. The predicted molar refractivity (Wildman–Crippen MR) is 91.6 cm³/mol. The summed E-state index contributed by atoms with van der Waals surface area (Å²) in [5.74, 6) is -6.19. The Kier molecular flexibility index (Phi) is 4.10. The first kappa shape index (κ1) is 18.0. The largest absolute Gasteiger partial charge is 0.325 e. The van der Waals surface area contributed by atoms with Gasteiger partial charge in [0.2, 0.25) is 5.91 Å². The Morgan fingerprint density at radius 3 is 2.64 bits per heavy atom. The van der Waals surface area contributed by atoms with Gasteiger partial charge in [0.05, 0.1) is 5.69 Å². The van der Waals surface area contributed by atoms with Crippen LogP contribution >= 0.6 is 0 Å². The molecule has 2 aromatic carbocycles. The molecule has 1 spiro atoms. The molecule has 1 aliphatic heterocycles. The molecule has 2 aliphatic rings. The van der Waals surface area contributed by atoms with Crippen LogP contribution in [0.3, 0.4) is 0 Å². The van der Waals surface area contributed by atoms with Crippen LogP contribution in [0, 0.1) is 17.5 Å². The van der Waals surface area contributed by atoms with E-state index in [1.165, 1.54) is 0 Å². The third kappa shape index (κ3) is 2.62. The molecule has 28 heavy (non-hydrogen) atoms. The van der Waals surface area contributed by atoms with Crippen molar-refractivity contribution in [2.75, 3.05) is 11.9 Å². The Morgan fingerprint density at radius 2 is 1.86 bits per heavy atom. The van der Waals surface area contributed by atoms with Gasteiger partial charge >= 0.3 is 6.03 Å². The van der Waals surface area contributed by atoms with E-state index in [1.807, 2.05) is 17.4 Å². The number of benzene rings is 2. The molecule has 2 N–H and O–H groups in total. The number of carbonyl (C=O) groups is 3. The van der Waals surface area contributed by atoms with Crippen molar-refractivity contribution in [2.24, 2.45) is 0 Å². The van der Waals surface area contributed by atoms with E-state index in [2.05, 4.69) is 5.32 Å². The molecule has 144 valence electrons. The van der Waals surface area contributed by atoms with Crippen LogP contribution in [0.15, 0.2) is 36.4 Å². The molecule has 1 heterocycles. The van der Waals surface area contributed by atoms with E-state index >= 15 is 0 Å². The molecule has 4 amide bonds. The van der Waals surface area contributed by atoms with Crippen LogP contribution in [0.1, 0.15) is 17.5 Å². The average Bonchev–Trinajstić information content (AvgIpc) is 3.16. The molecule has 1 aliphatic carbocycles. The smallest absolute Gasteiger partial charge is 0.322 e. The van der Waals surface area contributed by atoms with Crippen LogP contribution in [0.2, 0.25) is 0 Å². The van der Waals surface area contributed by atoms with Crippen molar-refractivity contribution in [3.8, 4) is 0 Å². The number of imide groups is 1. The summed E-state index contributed by atoms with van der Waals surface area (Å²) < 4.78 is 40.0. The van der Waals surface area contributed by atoms with Gasteiger partial charge in [0, 0.05) is 0 Å². The highest BCUT2D eigenvalue weighted by Crippen LogP contribution is 2.41. The maximum atomic E-state index is 13.7. The van der Waals surface area contributed by atoms with Crippen molar-refractivity contribution in [2.45, 2.75) is 18.4 Å². The highest BCUT2D eigenvalue weighted by molar-refractivity contribution is 6.10. The summed E-state index contributed by atoms with van der Waals surface area (Å²) >= 11 is 0. The number of hydrogen-bond donors (Lipinski definition) is 2. The number of amides is 4. The third-order valence-corrected chi connectivity index (χ3v) is 5.03. The molecule has 0 radical (unpaired) electrons. The molecule has 0 saturated carbocycles. The number of nitrogens with zero attached hydrogens (tertiary/aromatic N) is 1. The van der Waals surface area contributed by atoms with Gasteiger partial charge in [-0.2, -0.15) is 0 Å². The minimum absolute atomic E-state index is 0.368. The number of hydrogen-bond acceptors (Lipinski definition) is 3. The Hall–Kier alpha value is -3.36. The second-order valence-corrected chi connectivity index (χ2v) is 6.66. The Balaban J connectivity index is 1.53. The second-order valence-electron chi connectivity index (χ2n) is 6.66. The van der Waals surface area contributed by atoms with Crippen LogP contribution in [0.25, 0.3) is 0 Å². The summed E-state index contributed by atoms with van der Waals surface area (Å²) in [6, 6.07) is 7.97. The lowest BCUT2D eigenvalue weighted by atomic mass is 9.92. The first-order chi connectivity index (χ1) is 13.3. The van der Waals surface area contributed by atoms with E-state index in [0.717, 1.165) is 16.5 Å². The molecule has 2 aromatic rings. The van der Waals surface area contributed by atoms with Crippen molar-refractivity contribution < 1.29 is 27.6 Å². The molecule has 6 nitrogen and oxygen atoms in total. The highest BCUT2D eigenvalue weighted by Gasteiger charge is 2.55. The van der Waals surface area contributed by atoms with Crippen LogP contribution in [0.4, 0.5) is 23.7 Å². The summed E-state index contributed by atoms with van der Waals surface area (Å²) in [6.07, 6.45) is 0.967. The third-order valence-electron chi connectivity index (χ3n) is 5.03. The lowest BCUT2D eigenvalue weighted by molar-refractivity contribution is -0.134. The summed E-state index contributed by atoms with van der Waals surface area (Å²) in [5.41, 5.74) is -0.188. The van der Waals surface area contributed by atoms with Gasteiger partial charge in [-0.15, -0.1) is 0 Å². The lowest BCUT2D eigenvalue weighted by Crippen LogP contribution is -2.43. The van der Waals surface area contributed by atoms with Crippen molar-refractivity contribution in [3.05, 3.63) is 65.0 Å². The normalized spacial score (nSPS) is 20.5. The molecule has 0 unspecified atom stereocenters. The molecule has 1 fully saturated rings. The van der Waals surface area contributed by atoms with Gasteiger partial charge in [0.1, 0.15) is 12.1 Å². The second kappa shape index (κ2) is 6.36. The Labute approximate surface area is 157 Å². The first-order valence-corrected chi connectivity index (χ1v) is 8.49. The van der Waals surface area contributed by atoms with E-state index in [4.69, 9.17) is 0 Å². The zero-order valence-electron chi connectivity index (χ0n) is 14.4. The van der Waals surface area contributed by atoms with Gasteiger partial charge in [-0.25, -0.2) is 18.0 Å². The van der Waals surface area contributed by atoms with E-state index in [9.17, 15) is 27.6 Å². The Bertz CT molecular complexity index is 1030. The van der Waals surface area contributed by atoms with E-state index in [0.29, 0.717) is 24.5 Å². The van der Waals surface area contributed by atoms with Gasteiger partial charge in [-0.1, -0.05) is 24.3 Å². The average molecular weight is 389 g/mol. The number of anilines is 1. The molecule has 1 saturated heterocycles. The number of rotatable bonds is 3. The van der Waals surface area contributed by atoms with E-state index in [-0.39, 0.29) is 0 Å². The monoisotopic (exact) mass is 389 g/mol. The van der Waals surface area contributed by atoms with Gasteiger partial charge < -0.3 is 10.6 Å². The van der Waals surface area contributed by atoms with E-state index in [1.54, 1.807) is 12.1 Å². The minimum Gasteiger partial charge on any atom is -0.322 e. The molecular formula is C19H14F3N3O3. The Morgan fingerprint density at radius 1 is 1.11 bits per heavy atom. The zero-order chi connectivity index (χ0) is 20.1. The number of fused-ring (bicyclic) bond motifs is 2. The quantitative estimate of drug-likeness (QED) is 0.625. The van der Waals surface area contributed by atoms with Gasteiger partial charge in [-0.3, -0.25) is 14.5 Å². The van der Waals surface area contributed by atoms with Gasteiger partial charge in [0.25, 0.3) is 5.91 Å². The number of carbonyl (C=O) groups excluding carboxylic acids is 3. The summed E-state index contributed by atoms with van der Waals surface area (Å²) in [4.78, 5) is 38.2. The number of nitrogens with one attached hydrogen (secondary N) is 2. The van der Waals surface area contributed by atoms with Crippen molar-refractivity contribution in [1.82, 2.24) is 10.2 Å². The predicted octanol–water partition coefficient (Wildman–Crippen LogP) is 2.44. The van der Waals surface area contributed by atoms with E-state index < -0.39 is 53.1 Å². The summed E-state index contributed by atoms with van der Waals surface area (Å²) in [5, 5.41) is 4.71. The summed E-state index contributed by atoms with van der Waals surface area (Å²) in [7, 11) is 0. The molecule has 0 aromatic heterocycles. The molecule has 1 atom stereocenters. The van der Waals surface area contributed by atoms with Crippen LogP contribution in [-0.2, 0) is 21.5 Å². The topological polar surface area (TPSA) is 78.5 Å². The molecule has 4 rings (SSSR count). The standard InChI is InChI=1S/C19H14F3N3O3/c20-12-5-6-13(16(22)15(12)21)23-14(26)9-25-17(27)19(24-18(25)28)8-7-10-3-1-2-4-11(10)19/h1-6H,7-9H2,(H,23,26)(H,24,28)/t19-/m1/s1. The van der Waals surface area contributed by atoms with Gasteiger partial charge in [0.15, 0.2) is 17.5 Å². The zero-order valence-corrected chi connectivity index (χ0v) is 14.4. The van der Waals surface area contributed by atoms with Crippen LogP contribution in [-0.4, -0.2) is 29.3 Å². The maximum Gasteiger partial charge on any atom is 0.325 e. The highest BCUT2D eigenvalue weighted by atomic mass is 19.2. The van der Waals surface area contributed by atoms with Crippen molar-refractivity contribution in [1.29, 1.82) is 0 Å². The molecular weight excluding hydrogens is 375 g/mol. The van der Waals surface area contributed by atoms with Crippen molar-refractivity contribution >= 4 is 23.5 Å². The number of halogens is 3. The lowest BCUT2D eigenvalue weighted by Gasteiger charge is -2.22. The minimum atomic E-state index is -1.73. The van der Waals surface area contributed by atoms with Gasteiger partial charge in [-0.05, 0) is 36.1 Å².